The van der Waals surface area contributed by atoms with Crippen molar-refractivity contribution in [3.05, 3.63) is 181 Å². The number of aromatic nitrogens is 8. The molecule has 4 heterocycles. The minimum atomic E-state index is -1.41. The number of nitrogens with two attached hydrogens (primary N) is 1. The van der Waals surface area contributed by atoms with Crippen molar-refractivity contribution in [3.63, 3.8) is 0 Å². The van der Waals surface area contributed by atoms with E-state index < -0.39 is 45.3 Å². The number of hydrogen-bond donors (Lipinski definition) is 5. The van der Waals surface area contributed by atoms with Crippen LogP contribution in [0.2, 0.25) is 0 Å². The zero-order chi connectivity index (χ0) is 55.2. The Bertz CT molecular complexity index is 2990. The summed E-state index contributed by atoms with van der Waals surface area (Å²) in [5.74, 6) is 0. The lowest BCUT2D eigenvalue weighted by Gasteiger charge is -2.18. The lowest BCUT2D eigenvalue weighted by atomic mass is 9.83. The van der Waals surface area contributed by atoms with Crippen LogP contribution in [0.15, 0.2) is 151 Å². The number of non-ortho nitro benzene ring substituents is 3. The zero-order valence-electron chi connectivity index (χ0n) is 41.4. The Morgan fingerprint density at radius 2 is 0.919 bits per heavy atom. The van der Waals surface area contributed by atoms with Crippen LogP contribution in [0.4, 0.5) is 32.3 Å². The van der Waals surface area contributed by atoms with Crippen LogP contribution >= 0.6 is 15.9 Å². The van der Waals surface area contributed by atoms with Crippen molar-refractivity contribution in [2.75, 3.05) is 5.73 Å². The molecule has 0 saturated heterocycles. The first kappa shape index (κ1) is 59.4. The molecule has 0 unspecified atom stereocenters. The Labute approximate surface area is 432 Å². The fraction of sp³-hybridized carbons (Fsp3) is 0.208. The Kier molecular flexibility index (Phi) is 22.7. The Hall–Kier alpha value is -8.88. The van der Waals surface area contributed by atoms with E-state index >= 15 is 0 Å². The van der Waals surface area contributed by atoms with Crippen molar-refractivity contribution in [2.45, 2.75) is 66.6 Å². The molecule has 0 fully saturated rings. The molecule has 0 bridgehead atoms. The van der Waals surface area contributed by atoms with Gasteiger partial charge in [-0.3, -0.25) is 40.5 Å². The summed E-state index contributed by atoms with van der Waals surface area (Å²) in [4.78, 5) is 53.4. The number of nitro groups is 3. The number of nitro benzene ring substituents is 3. The highest BCUT2D eigenvalue weighted by atomic mass is 79.9. The van der Waals surface area contributed by atoms with Gasteiger partial charge in [-0.05, 0) is 107 Å². The molecule has 0 saturated carbocycles. The molecule has 74 heavy (non-hydrogen) atoms. The molecule has 388 valence electrons. The number of H-pyrrole nitrogens is 2. The monoisotopic (exact) mass is 1080 g/mol. The van der Waals surface area contributed by atoms with Gasteiger partial charge < -0.3 is 25.3 Å². The molecule has 26 heteroatoms. The minimum Gasteiger partial charge on any atom is -0.442 e. The number of anilines is 1. The number of hydrogen-bond acceptors (Lipinski definition) is 17. The van der Waals surface area contributed by atoms with Crippen molar-refractivity contribution >= 4 is 63.4 Å². The average molecular weight is 1080 g/mol. The number of halogens is 1. The van der Waals surface area contributed by atoms with Crippen LogP contribution in [-0.4, -0.2) is 95.3 Å². The van der Waals surface area contributed by atoms with Crippen molar-refractivity contribution in [1.29, 1.82) is 0 Å². The van der Waals surface area contributed by atoms with Crippen LogP contribution in [0.25, 0.3) is 33.4 Å². The predicted octanol–water partition coefficient (Wildman–Crippen LogP) is 9.61. The summed E-state index contributed by atoms with van der Waals surface area (Å²) in [5, 5.41) is 68.3. The highest BCUT2D eigenvalue weighted by molar-refractivity contribution is 9.10. The molecule has 0 aliphatic heterocycles. The molecule has 0 atom stereocenters. The van der Waals surface area contributed by atoms with Crippen molar-refractivity contribution in [2.24, 2.45) is 0 Å². The van der Waals surface area contributed by atoms with Gasteiger partial charge in [0.25, 0.3) is 17.1 Å². The third kappa shape index (κ3) is 20.5. The van der Waals surface area contributed by atoms with E-state index in [9.17, 15) is 39.9 Å². The third-order valence-electron chi connectivity index (χ3n) is 8.75. The van der Waals surface area contributed by atoms with Crippen molar-refractivity contribution in [3.8, 4) is 33.4 Å². The highest BCUT2D eigenvalue weighted by Crippen LogP contribution is 2.24. The molecule has 0 aliphatic rings. The van der Waals surface area contributed by atoms with Gasteiger partial charge in [0.1, 0.15) is 11.2 Å². The lowest BCUT2D eigenvalue weighted by molar-refractivity contribution is -0.385. The molecule has 6 N–H and O–H groups in total. The minimum absolute atomic E-state index is 0.0123. The Morgan fingerprint density at radius 3 is 1.23 bits per heavy atom. The van der Waals surface area contributed by atoms with Gasteiger partial charge in [-0.25, -0.2) is 9.59 Å². The number of nitrogens with one attached hydrogen (secondary N) is 2. The fourth-order valence-corrected chi connectivity index (χ4v) is 5.63. The summed E-state index contributed by atoms with van der Waals surface area (Å²) in [6.45, 7) is 14.8. The second-order valence-electron chi connectivity index (χ2n) is 16.7. The van der Waals surface area contributed by atoms with E-state index in [1.165, 1.54) is 65.9 Å². The van der Waals surface area contributed by atoms with Gasteiger partial charge in [0.05, 0.1) is 33.4 Å². The van der Waals surface area contributed by atoms with Gasteiger partial charge in [0, 0.05) is 99.7 Å². The number of carbonyl (C=O) groups is 2. The number of aromatic amines is 2. The zero-order valence-corrected chi connectivity index (χ0v) is 43.0. The normalized spacial score (nSPS) is 10.3. The van der Waals surface area contributed by atoms with Crippen molar-refractivity contribution < 1.29 is 43.9 Å². The lowest BCUT2D eigenvalue weighted by Crippen LogP contribution is -2.28. The molecular formula is C48H54BBrN12O12. The van der Waals surface area contributed by atoms with Crippen LogP contribution in [0.1, 0.15) is 55.4 Å². The maximum Gasteiger partial charge on any atom is 0.491 e. The summed E-state index contributed by atoms with van der Waals surface area (Å²) in [5.41, 5.74) is 10.8. The predicted molar refractivity (Wildman–Crippen MR) is 281 cm³/mol. The maximum absolute atomic E-state index is 11.8. The van der Waals surface area contributed by atoms with E-state index in [0.717, 1.165) is 37.0 Å². The van der Waals surface area contributed by atoms with Crippen molar-refractivity contribution in [1.82, 2.24) is 40.0 Å². The van der Waals surface area contributed by atoms with Crippen LogP contribution in [0, 0.1) is 30.3 Å². The van der Waals surface area contributed by atoms with Gasteiger partial charge in [-0.15, -0.1) is 0 Å². The first-order valence-electron chi connectivity index (χ1n) is 22.0. The smallest absolute Gasteiger partial charge is 0.442 e. The molecule has 24 nitrogen and oxygen atoms in total. The molecule has 8 aromatic rings. The second kappa shape index (κ2) is 28.2. The average Bonchev–Trinajstić information content (AvgIpc) is 4.22. The standard InChI is InChI=1S/C14H15N3O4.C14H17N3O2.C9H7N3O2.C6H4BrNO2.C3H5BN2O2.C2H6/c1-14(2,3)21-13(18)16-9-11(8-15-16)10-4-6-12(7-5-10)17(19)20;1-14(2,3)19-13(18)17-9-11(8-16-17)10-4-6-12(15)7-5-10;13-12(14)9-3-1-7(2-4-9)8-5-10-11-6-8;7-5-1-3-6(4-2-5)8(9)10;7-4(8)3-1-5-6-2-3;1-2/h4-9H,1-3H3;4-9H,15H2,1-3H3;1-6H,(H,10,11);1-4H;1-2,7-8H,(H,5,6);1-2H3. The summed E-state index contributed by atoms with van der Waals surface area (Å²) < 4.78 is 13.6. The fourth-order valence-electron chi connectivity index (χ4n) is 5.36. The van der Waals surface area contributed by atoms with Gasteiger partial charge >= 0.3 is 19.3 Å². The van der Waals surface area contributed by atoms with E-state index in [1.807, 2.05) is 46.8 Å². The number of benzene rings is 4. The molecule has 0 aliphatic carbocycles. The summed E-state index contributed by atoms with van der Waals surface area (Å²) >= 11 is 3.17. The van der Waals surface area contributed by atoms with Crippen LogP contribution < -0.4 is 11.2 Å². The Balaban J connectivity index is 0.000000251. The van der Waals surface area contributed by atoms with Gasteiger partial charge in [-0.1, -0.05) is 41.9 Å². The SMILES string of the molecule is CC.CC(C)(C)OC(=O)n1cc(-c2ccc(N)cc2)cn1.CC(C)(C)OC(=O)n1cc(-c2ccc([N+](=O)[O-])cc2)cn1.O=[N+]([O-])c1ccc(-c2cn[nH]c2)cc1.O=[N+]([O-])c1ccc(Br)cc1.OB(O)c1cn[nH]c1. The van der Waals surface area contributed by atoms with E-state index in [2.05, 4.69) is 46.5 Å². The topological polar surface area (TPSA) is 342 Å². The Morgan fingerprint density at radius 1 is 0.568 bits per heavy atom. The number of nitrogens with zero attached hydrogens (tertiary/aromatic N) is 9. The quantitative estimate of drug-likeness (QED) is 0.0429. The van der Waals surface area contributed by atoms with Gasteiger partial charge in [0.15, 0.2) is 0 Å². The van der Waals surface area contributed by atoms with E-state index in [4.69, 9.17) is 25.3 Å². The molecule has 4 aromatic carbocycles. The maximum atomic E-state index is 11.8. The number of nitrogen functional groups attached to an aromatic ring is 1. The van der Waals surface area contributed by atoms with Crippen LogP contribution in [0.5, 0.6) is 0 Å². The van der Waals surface area contributed by atoms with E-state index in [-0.39, 0.29) is 17.1 Å². The van der Waals surface area contributed by atoms with Gasteiger partial charge in [0.2, 0.25) is 0 Å². The first-order valence-corrected chi connectivity index (χ1v) is 22.8. The largest absolute Gasteiger partial charge is 0.491 e. The van der Waals surface area contributed by atoms with E-state index in [0.29, 0.717) is 16.7 Å². The third-order valence-corrected chi connectivity index (χ3v) is 9.28. The number of ether oxygens (including phenoxy) is 2. The molecular weight excluding hydrogens is 1030 g/mol. The molecule has 8 rings (SSSR count). The molecule has 0 amide bonds. The van der Waals surface area contributed by atoms with Crippen LogP contribution in [0.3, 0.4) is 0 Å². The second-order valence-corrected chi connectivity index (χ2v) is 17.6. The highest BCUT2D eigenvalue weighted by Gasteiger charge is 2.20. The summed E-state index contributed by atoms with van der Waals surface area (Å²) in [6.07, 6.45) is 11.4. The molecule has 4 aromatic heterocycles. The van der Waals surface area contributed by atoms with E-state index in [1.54, 1.807) is 94.1 Å². The first-order chi connectivity index (χ1) is 34.9. The van der Waals surface area contributed by atoms with Crippen LogP contribution in [-0.2, 0) is 9.47 Å². The van der Waals surface area contributed by atoms with Gasteiger partial charge in [-0.2, -0.15) is 29.8 Å². The summed E-state index contributed by atoms with van der Waals surface area (Å²) in [6, 6.07) is 25.9. The number of carbonyl (C=O) groups excluding carboxylic acids is 2. The summed E-state index contributed by atoms with van der Waals surface area (Å²) in [7, 11) is -1.41. The molecule has 0 spiro atoms. The number of rotatable bonds is 7. The molecule has 0 radical (unpaired) electrons.